The molecular weight excluding hydrogens is 976 g/mol. The number of aromatic nitrogens is 1. The highest BCUT2D eigenvalue weighted by Crippen LogP contribution is 2.38. The summed E-state index contributed by atoms with van der Waals surface area (Å²) in [6, 6.07) is 17.5. The number of aryl methyl sites for hydroxylation is 1. The van der Waals surface area contributed by atoms with Crippen molar-refractivity contribution in [3.8, 4) is 11.1 Å². The van der Waals surface area contributed by atoms with Crippen LogP contribution in [0.4, 0.5) is 4.39 Å². The summed E-state index contributed by atoms with van der Waals surface area (Å²) in [6.45, 7) is 49.2. The average Bonchev–Trinajstić information content (AvgIpc) is 3.79. The molecule has 0 fully saturated rings. The Morgan fingerprint density at radius 2 is 1.49 bits per heavy atom. The van der Waals surface area contributed by atoms with E-state index in [9.17, 15) is 18.8 Å². The van der Waals surface area contributed by atoms with E-state index in [0.29, 0.717) is 55.6 Å². The average molecular weight is 1080 g/mol. The molecule has 0 spiro atoms. The summed E-state index contributed by atoms with van der Waals surface area (Å²) in [5.74, 6) is 0.335. The highest BCUT2D eigenvalue weighted by molar-refractivity contribution is 5.79. The van der Waals surface area contributed by atoms with E-state index in [2.05, 4.69) is 172 Å². The molecule has 2 aromatic carbocycles. The summed E-state index contributed by atoms with van der Waals surface area (Å²) in [5, 5.41) is 21.7. The molecule has 3 unspecified atom stereocenters. The summed E-state index contributed by atoms with van der Waals surface area (Å²) < 4.78 is 16.7. The summed E-state index contributed by atoms with van der Waals surface area (Å²) in [5.41, 5.74) is 19.5. The third-order valence-corrected chi connectivity index (χ3v) is 12.2. The smallest absolute Gasteiger partial charge is 0.224 e. The number of carbonyl (C=O) groups is 3. The van der Waals surface area contributed by atoms with Gasteiger partial charge in [-0.1, -0.05) is 153 Å². The molecule has 14 heteroatoms. The predicted octanol–water partition coefficient (Wildman–Crippen LogP) is 10.8. The van der Waals surface area contributed by atoms with Crippen molar-refractivity contribution in [3.63, 3.8) is 0 Å². The molecule has 430 valence electrons. The lowest BCUT2D eigenvalue weighted by molar-refractivity contribution is -0.120. The molecule has 0 saturated heterocycles. The summed E-state index contributed by atoms with van der Waals surface area (Å²) in [4.78, 5) is 34.2. The van der Waals surface area contributed by atoms with Crippen LogP contribution in [0.25, 0.3) is 11.1 Å². The molecule has 0 radical (unpaired) electrons. The second-order valence-corrected chi connectivity index (χ2v) is 20.6. The van der Waals surface area contributed by atoms with Crippen LogP contribution in [0.1, 0.15) is 117 Å². The van der Waals surface area contributed by atoms with Crippen molar-refractivity contribution in [3.05, 3.63) is 194 Å². The molecule has 1 heterocycles. The van der Waals surface area contributed by atoms with Gasteiger partial charge in [-0.25, -0.2) is 4.39 Å². The Labute approximate surface area is 469 Å². The van der Waals surface area contributed by atoms with E-state index in [1.165, 1.54) is 24.4 Å². The molecule has 3 rings (SSSR count). The number of nitrogens with two attached hydrogens (primary N) is 2. The molecular formula is C64H99FN10O3. The van der Waals surface area contributed by atoms with E-state index in [-0.39, 0.29) is 41.6 Å². The number of hydrogen-bond acceptors (Lipinski definition) is 9. The van der Waals surface area contributed by atoms with Gasteiger partial charge in [0.25, 0.3) is 0 Å². The Morgan fingerprint density at radius 1 is 0.833 bits per heavy atom. The zero-order valence-electron chi connectivity index (χ0n) is 49.2. The van der Waals surface area contributed by atoms with Crippen LogP contribution in [0.15, 0.2) is 172 Å². The van der Waals surface area contributed by atoms with E-state index >= 15 is 0 Å². The van der Waals surface area contributed by atoms with E-state index in [1.54, 1.807) is 25.3 Å². The van der Waals surface area contributed by atoms with Crippen LogP contribution >= 0.6 is 0 Å². The van der Waals surface area contributed by atoms with E-state index in [4.69, 9.17) is 5.73 Å². The van der Waals surface area contributed by atoms with E-state index < -0.39 is 5.91 Å². The Hall–Kier alpha value is -7.32. The standard InChI is InChI=1S/C24H28FN.C23H44N6O2.C15H22N2O.C2H5N/c1-17-11-12-22(25)21(13-17)20-14-23(18(2)24(3,4)5)26(16-20)15-19-9-7-6-8-10-19;1-16(2)9-10-17(3)26-12-8-13-27-18(4)21(11-14-28-20(6)30)29-19(5)22(25-7)15-23(24)31;1-5-8-14(9-6-2)11-15(18)17-12-13(4)16-10-7-3;1-2-3/h6-14,16,18H,15H2,1-5H3;16,21-22,25-27,29H,3-5,8-15H2,1-2,6-7H3,(H2,24,31)(H,28,30);5-9,16H,1,3-4,10-12H2,2H3,(H,17,18);2H,1,3H2/b;;9-6-,14-8+;. The lowest BCUT2D eigenvalue weighted by Crippen LogP contribution is -2.44. The van der Waals surface area contributed by atoms with Crippen molar-refractivity contribution in [1.29, 1.82) is 0 Å². The third-order valence-electron chi connectivity index (χ3n) is 12.2. The topological polar surface area (TPSA) is 192 Å². The predicted molar refractivity (Wildman–Crippen MR) is 329 cm³/mol. The maximum absolute atomic E-state index is 14.4. The maximum atomic E-state index is 14.4. The number of halogens is 1. The van der Waals surface area contributed by atoms with E-state index in [1.807, 2.05) is 50.3 Å². The van der Waals surface area contributed by atoms with Crippen LogP contribution in [0.5, 0.6) is 0 Å². The first-order chi connectivity index (χ1) is 36.9. The quantitative estimate of drug-likeness (QED) is 0.0166. The van der Waals surface area contributed by atoms with Gasteiger partial charge in [0.2, 0.25) is 17.7 Å². The molecule has 0 aliphatic carbocycles. The second kappa shape index (κ2) is 40.0. The number of amides is 3. The van der Waals surface area contributed by atoms with E-state index in [0.717, 1.165) is 72.7 Å². The number of likely N-dealkylation sites (N-methyl/N-ethyl adjacent to an activating group) is 1. The molecule has 0 bridgehead atoms. The van der Waals surface area contributed by atoms with Crippen molar-refractivity contribution < 1.29 is 18.8 Å². The minimum atomic E-state index is -0.406. The largest absolute Gasteiger partial charge is 0.405 e. The zero-order valence-corrected chi connectivity index (χ0v) is 49.2. The molecule has 0 aliphatic rings. The van der Waals surface area contributed by atoms with Gasteiger partial charge in [-0.3, -0.25) is 14.4 Å². The van der Waals surface area contributed by atoms with Crippen molar-refractivity contribution in [2.75, 3.05) is 39.8 Å². The minimum absolute atomic E-state index is 0.0391. The van der Waals surface area contributed by atoms with Crippen molar-refractivity contribution in [1.82, 2.24) is 41.8 Å². The van der Waals surface area contributed by atoms with Gasteiger partial charge in [-0.2, -0.15) is 0 Å². The fraction of sp³-hybridized carbons (Fsp3) is 0.422. The number of rotatable bonds is 32. The Morgan fingerprint density at radius 3 is 2.05 bits per heavy atom. The Bertz CT molecular complexity index is 2410. The Balaban J connectivity index is 0.00000114. The highest BCUT2D eigenvalue weighted by Gasteiger charge is 2.26. The molecule has 11 N–H and O–H groups in total. The minimum Gasteiger partial charge on any atom is -0.405 e. The van der Waals surface area contributed by atoms with Gasteiger partial charge in [0.1, 0.15) is 5.82 Å². The van der Waals surface area contributed by atoms with Crippen LogP contribution in [0, 0.1) is 24.1 Å². The van der Waals surface area contributed by atoms with Crippen LogP contribution in [0.3, 0.4) is 0 Å². The normalized spacial score (nSPS) is 12.0. The van der Waals surface area contributed by atoms with Crippen molar-refractivity contribution in [2.24, 2.45) is 22.8 Å². The van der Waals surface area contributed by atoms with Gasteiger partial charge in [0, 0.05) is 97.8 Å². The fourth-order valence-corrected chi connectivity index (χ4v) is 7.46. The SMILES string of the molecule is C=C(CCC(C)C)NCCCNC(=C)C(CCNC(C)=O)NC(=C)C(CC(N)=O)NC.C=C/C=C(\C=C/C)CC(=O)NCC(=C)NCC=C.C=CN.Cc1ccc(F)c(-c2cc(C(C)C(C)(C)C)n(Cc3ccccc3)c2)c1. The maximum Gasteiger partial charge on any atom is 0.224 e. The molecule has 3 amide bonds. The monoisotopic (exact) mass is 1070 g/mol. The molecule has 0 aliphatic heterocycles. The van der Waals surface area contributed by atoms with Gasteiger partial charge >= 0.3 is 0 Å². The number of primary amides is 1. The molecule has 1 aromatic heterocycles. The van der Waals surface area contributed by atoms with Crippen molar-refractivity contribution in [2.45, 2.75) is 125 Å². The molecule has 3 aromatic rings. The summed E-state index contributed by atoms with van der Waals surface area (Å²) >= 11 is 0. The molecule has 3 atom stereocenters. The van der Waals surface area contributed by atoms with Crippen LogP contribution in [-0.4, -0.2) is 74.1 Å². The van der Waals surface area contributed by atoms with Gasteiger partial charge in [-0.15, -0.1) is 6.58 Å². The van der Waals surface area contributed by atoms with Gasteiger partial charge in [-0.05, 0) is 93.4 Å². The van der Waals surface area contributed by atoms with Gasteiger partial charge in [0.15, 0.2) is 0 Å². The Kier molecular flexibility index (Phi) is 36.2. The summed E-state index contributed by atoms with van der Waals surface area (Å²) in [7, 11) is 1.75. The fourth-order valence-electron chi connectivity index (χ4n) is 7.46. The number of hydrogen-bond donors (Lipinski definition) is 9. The summed E-state index contributed by atoms with van der Waals surface area (Å²) in [6.07, 6.45) is 16.5. The second-order valence-electron chi connectivity index (χ2n) is 20.6. The number of nitrogens with one attached hydrogen (secondary N) is 7. The number of carbonyl (C=O) groups excluding carboxylic acids is 3. The van der Waals surface area contributed by atoms with Crippen LogP contribution in [0.2, 0.25) is 0 Å². The lowest BCUT2D eigenvalue weighted by Gasteiger charge is -2.28. The lowest BCUT2D eigenvalue weighted by atomic mass is 9.80. The van der Waals surface area contributed by atoms with Crippen LogP contribution in [-0.2, 0) is 20.9 Å². The van der Waals surface area contributed by atoms with Crippen LogP contribution < -0.4 is 48.7 Å². The number of benzene rings is 2. The van der Waals surface area contributed by atoms with Gasteiger partial charge < -0.3 is 53.3 Å². The first-order valence-corrected chi connectivity index (χ1v) is 26.9. The first-order valence-electron chi connectivity index (χ1n) is 26.9. The van der Waals surface area contributed by atoms with Crippen molar-refractivity contribution >= 4 is 17.7 Å². The first kappa shape index (κ1) is 70.7. The van der Waals surface area contributed by atoms with Gasteiger partial charge in [0.05, 0.1) is 25.0 Å². The molecule has 0 saturated carbocycles. The number of nitrogens with zero attached hydrogens (tertiary/aromatic N) is 1. The molecule has 78 heavy (non-hydrogen) atoms. The third kappa shape index (κ3) is 31.7. The zero-order chi connectivity index (χ0) is 59.2. The number of allylic oxidation sites excluding steroid dienone is 5. The highest BCUT2D eigenvalue weighted by atomic mass is 19.1. The molecule has 13 nitrogen and oxygen atoms in total.